The van der Waals surface area contributed by atoms with Gasteiger partial charge in [-0.2, -0.15) is 0 Å². The molecule has 6 atom stereocenters. The van der Waals surface area contributed by atoms with Crippen LogP contribution in [0.25, 0.3) is 22.3 Å². The fourth-order valence-corrected chi connectivity index (χ4v) is 4.49. The molecule has 0 aliphatic carbocycles. The molecular weight excluding hydrogens is 512 g/mol. The lowest BCUT2D eigenvalue weighted by Crippen LogP contribution is -2.51. The van der Waals surface area contributed by atoms with Gasteiger partial charge in [-0.05, 0) is 37.6 Å². The topological polar surface area (TPSA) is 168 Å². The highest BCUT2D eigenvalue weighted by Crippen LogP contribution is 2.42. The van der Waals surface area contributed by atoms with Crippen LogP contribution < -0.4 is 10.2 Å². The average molecular weight is 547 g/mol. The number of fused-ring (bicyclic) bond motifs is 1. The Morgan fingerprint density at radius 2 is 1.69 bits per heavy atom. The Bertz CT molecular complexity index is 1320. The van der Waals surface area contributed by atoms with Gasteiger partial charge in [0.05, 0.1) is 24.9 Å². The van der Waals surface area contributed by atoms with Gasteiger partial charge in [-0.15, -0.1) is 0 Å². The zero-order valence-electron chi connectivity index (χ0n) is 21.9. The molecule has 2 saturated heterocycles. The number of phenolic OH excluding ortho intramolecular Hbond substituents is 3. The largest absolute Gasteiger partial charge is 0.508 e. The number of phenols is 3. The molecule has 212 valence electrons. The van der Waals surface area contributed by atoms with Crippen molar-refractivity contribution in [1.29, 1.82) is 0 Å². The molecular formula is C28H34O11. The smallest absolute Gasteiger partial charge is 0.226 e. The van der Waals surface area contributed by atoms with Crippen LogP contribution in [0.2, 0.25) is 0 Å². The second-order valence-electron chi connectivity index (χ2n) is 9.25. The number of hydrogen-bond acceptors (Lipinski definition) is 11. The number of aliphatic hydroxyl groups is 2. The van der Waals surface area contributed by atoms with Crippen molar-refractivity contribution in [2.45, 2.75) is 77.0 Å². The number of rotatable bonds is 5. The molecule has 11 nitrogen and oxygen atoms in total. The maximum atomic E-state index is 12.7. The lowest BCUT2D eigenvalue weighted by Gasteiger charge is -2.39. The zero-order chi connectivity index (χ0) is 28.3. The molecule has 2 fully saturated rings. The van der Waals surface area contributed by atoms with E-state index in [-0.39, 0.29) is 34.6 Å². The molecule has 3 aromatic rings. The number of ether oxygens (including phenoxy) is 4. The SMILES string of the molecule is CC.C[C@H]1O[C@@H](Oc2cc3oc(-c4ccc(O)cc4)cc(=O)c3c(O)c2O)[C@@H](O)CC1OC1CC(O)CCO1. The third kappa shape index (κ3) is 6.29. The van der Waals surface area contributed by atoms with Crippen molar-refractivity contribution in [2.24, 2.45) is 0 Å². The van der Waals surface area contributed by atoms with E-state index in [0.717, 1.165) is 0 Å². The van der Waals surface area contributed by atoms with E-state index in [1.807, 2.05) is 13.8 Å². The summed E-state index contributed by atoms with van der Waals surface area (Å²) in [5.41, 5.74) is -0.151. The third-order valence-electron chi connectivity index (χ3n) is 6.53. The molecule has 2 aliphatic rings. The molecule has 3 heterocycles. The second-order valence-corrected chi connectivity index (χ2v) is 9.25. The molecule has 0 amide bonds. The van der Waals surface area contributed by atoms with E-state index in [1.165, 1.54) is 24.3 Å². The lowest BCUT2D eigenvalue weighted by atomic mass is 10.0. The van der Waals surface area contributed by atoms with Crippen LogP contribution in [0, 0.1) is 0 Å². The van der Waals surface area contributed by atoms with Gasteiger partial charge in [-0.25, -0.2) is 0 Å². The van der Waals surface area contributed by atoms with Crippen molar-refractivity contribution in [3.05, 3.63) is 46.6 Å². The molecule has 0 spiro atoms. The average Bonchev–Trinajstić information content (AvgIpc) is 2.91. The summed E-state index contributed by atoms with van der Waals surface area (Å²) < 4.78 is 28.7. The molecule has 2 aliphatic heterocycles. The van der Waals surface area contributed by atoms with Crippen molar-refractivity contribution in [3.63, 3.8) is 0 Å². The minimum absolute atomic E-state index is 0.0434. The minimum atomic E-state index is -1.22. The van der Waals surface area contributed by atoms with Crippen molar-refractivity contribution < 1.29 is 48.9 Å². The first kappa shape index (κ1) is 28.7. The first-order valence-corrected chi connectivity index (χ1v) is 13.0. The third-order valence-corrected chi connectivity index (χ3v) is 6.53. The van der Waals surface area contributed by atoms with E-state index in [4.69, 9.17) is 23.4 Å². The van der Waals surface area contributed by atoms with Crippen LogP contribution in [0.3, 0.4) is 0 Å². The fourth-order valence-electron chi connectivity index (χ4n) is 4.49. The lowest BCUT2D eigenvalue weighted by molar-refractivity contribution is -0.279. The molecule has 5 N–H and O–H groups in total. The predicted molar refractivity (Wildman–Crippen MR) is 140 cm³/mol. The molecule has 2 aromatic carbocycles. The van der Waals surface area contributed by atoms with Crippen LogP contribution in [0.15, 0.2) is 45.6 Å². The summed E-state index contributed by atoms with van der Waals surface area (Å²) in [4.78, 5) is 12.7. The maximum absolute atomic E-state index is 12.7. The van der Waals surface area contributed by atoms with Crippen LogP contribution in [0.4, 0.5) is 0 Å². The highest BCUT2D eigenvalue weighted by Gasteiger charge is 2.39. The van der Waals surface area contributed by atoms with Gasteiger partial charge in [0.25, 0.3) is 0 Å². The Hall–Kier alpha value is -3.35. The second kappa shape index (κ2) is 12.2. The van der Waals surface area contributed by atoms with E-state index in [1.54, 1.807) is 19.1 Å². The Morgan fingerprint density at radius 1 is 0.974 bits per heavy atom. The minimum Gasteiger partial charge on any atom is -0.508 e. The number of benzene rings is 2. The summed E-state index contributed by atoms with van der Waals surface area (Å²) in [5.74, 6) is -1.48. The van der Waals surface area contributed by atoms with Crippen LogP contribution in [0.1, 0.15) is 40.0 Å². The van der Waals surface area contributed by atoms with Gasteiger partial charge < -0.3 is 48.9 Å². The first-order chi connectivity index (χ1) is 18.7. The Labute approximate surface area is 224 Å². The summed E-state index contributed by atoms with van der Waals surface area (Å²) in [7, 11) is 0. The van der Waals surface area contributed by atoms with Crippen LogP contribution in [-0.4, -0.2) is 69.1 Å². The molecule has 11 heteroatoms. The molecule has 1 aromatic heterocycles. The zero-order valence-corrected chi connectivity index (χ0v) is 21.9. The molecule has 5 rings (SSSR count). The Balaban J connectivity index is 0.00000172. The summed E-state index contributed by atoms with van der Waals surface area (Å²) in [6.07, 6.45) is -3.60. The molecule has 39 heavy (non-hydrogen) atoms. The van der Waals surface area contributed by atoms with Gasteiger partial charge in [-0.3, -0.25) is 4.79 Å². The number of aromatic hydroxyl groups is 3. The highest BCUT2D eigenvalue weighted by atomic mass is 16.7. The number of aliphatic hydroxyl groups excluding tert-OH is 2. The quantitative estimate of drug-likeness (QED) is 0.298. The van der Waals surface area contributed by atoms with E-state index in [0.29, 0.717) is 25.0 Å². The molecule has 0 saturated carbocycles. The van der Waals surface area contributed by atoms with Gasteiger partial charge in [0.2, 0.25) is 12.0 Å². The summed E-state index contributed by atoms with van der Waals surface area (Å²) in [5, 5.41) is 50.8. The van der Waals surface area contributed by atoms with Gasteiger partial charge in [0.1, 0.15) is 28.6 Å². The first-order valence-electron chi connectivity index (χ1n) is 13.0. The molecule has 0 radical (unpaired) electrons. The number of hydrogen-bond donors (Lipinski definition) is 5. The van der Waals surface area contributed by atoms with Gasteiger partial charge in [0.15, 0.2) is 23.2 Å². The molecule has 3 unspecified atom stereocenters. The van der Waals surface area contributed by atoms with Gasteiger partial charge in [-0.1, -0.05) is 13.8 Å². The van der Waals surface area contributed by atoms with Gasteiger partial charge in [0, 0.05) is 30.5 Å². The summed E-state index contributed by atoms with van der Waals surface area (Å²) >= 11 is 0. The van der Waals surface area contributed by atoms with Crippen LogP contribution in [-0.2, 0) is 14.2 Å². The molecule has 0 bridgehead atoms. The summed E-state index contributed by atoms with van der Waals surface area (Å²) in [6, 6.07) is 8.38. The van der Waals surface area contributed by atoms with E-state index >= 15 is 0 Å². The van der Waals surface area contributed by atoms with Crippen LogP contribution >= 0.6 is 0 Å². The van der Waals surface area contributed by atoms with Crippen molar-refractivity contribution >= 4 is 11.0 Å². The van der Waals surface area contributed by atoms with Gasteiger partial charge >= 0.3 is 0 Å². The van der Waals surface area contributed by atoms with E-state index < -0.39 is 53.9 Å². The highest BCUT2D eigenvalue weighted by molar-refractivity contribution is 5.89. The van der Waals surface area contributed by atoms with E-state index in [9.17, 15) is 30.3 Å². The maximum Gasteiger partial charge on any atom is 0.226 e. The van der Waals surface area contributed by atoms with Crippen molar-refractivity contribution in [2.75, 3.05) is 6.61 Å². The standard InChI is InChI=1S/C26H28O11.C2H6/c1-12-18(36-22-8-15(28)6-7-33-22)10-17(30)26(34-12)37-21-11-20-23(25(32)24(21)31)16(29)9-19(35-20)13-2-4-14(27)5-3-13;1-2/h2-5,9,11-12,15,17-18,22,26-28,30-32H,6-8,10H2,1H3;1-2H3/t12-,15?,17+,18?,22?,26+;/m1./s1. The summed E-state index contributed by atoms with van der Waals surface area (Å²) in [6.45, 7) is 6.10. The fraction of sp³-hybridized carbons (Fsp3) is 0.464. The normalized spacial score (nSPS) is 27.0. The Kier molecular flexibility index (Phi) is 8.98. The monoisotopic (exact) mass is 546 g/mol. The predicted octanol–water partition coefficient (Wildman–Crippen LogP) is 3.36. The Morgan fingerprint density at radius 3 is 2.38 bits per heavy atom. The van der Waals surface area contributed by atoms with Crippen LogP contribution in [0.5, 0.6) is 23.0 Å². The van der Waals surface area contributed by atoms with Crippen molar-refractivity contribution in [1.82, 2.24) is 0 Å². The van der Waals surface area contributed by atoms with Crippen molar-refractivity contribution in [3.8, 4) is 34.3 Å². The van der Waals surface area contributed by atoms with E-state index in [2.05, 4.69) is 0 Å².